The van der Waals surface area contributed by atoms with Crippen molar-refractivity contribution in [1.82, 2.24) is 19.8 Å². The van der Waals surface area contributed by atoms with Gasteiger partial charge in [0.25, 0.3) is 5.91 Å². The summed E-state index contributed by atoms with van der Waals surface area (Å²) in [6, 6.07) is 7.49. The third kappa shape index (κ3) is 5.24. The van der Waals surface area contributed by atoms with Crippen molar-refractivity contribution in [3.05, 3.63) is 42.2 Å². The van der Waals surface area contributed by atoms with Crippen LogP contribution < -0.4 is 5.73 Å². The van der Waals surface area contributed by atoms with Gasteiger partial charge in [0.1, 0.15) is 5.82 Å². The number of amides is 1. The van der Waals surface area contributed by atoms with Crippen LogP contribution in [0.3, 0.4) is 0 Å². The predicted molar refractivity (Wildman–Crippen MR) is 105 cm³/mol. The zero-order chi connectivity index (χ0) is 19.2. The minimum atomic E-state index is 0.0117. The molecule has 1 fully saturated rings. The number of nitrogen functional groups attached to an aromatic ring is 1. The number of rotatable bonds is 7. The summed E-state index contributed by atoms with van der Waals surface area (Å²) in [4.78, 5) is 25.5. The minimum Gasteiger partial charge on any atom is -0.382 e. The topological polar surface area (TPSA) is 84.6 Å². The van der Waals surface area contributed by atoms with Crippen molar-refractivity contribution in [2.75, 3.05) is 46.1 Å². The lowest BCUT2D eigenvalue weighted by Crippen LogP contribution is -2.41. The Morgan fingerprint density at radius 2 is 2.11 bits per heavy atom. The number of nitrogens with two attached hydrogens (primary N) is 1. The first-order chi connectivity index (χ1) is 13.0. The van der Waals surface area contributed by atoms with Gasteiger partial charge in [-0.1, -0.05) is 12.1 Å². The maximum atomic E-state index is 13.2. The second-order valence-electron chi connectivity index (χ2n) is 7.10. The summed E-state index contributed by atoms with van der Waals surface area (Å²) in [6.45, 7) is 2.88. The number of aromatic nitrogens is 2. The number of hydrogen-bond acceptors (Lipinski definition) is 6. The van der Waals surface area contributed by atoms with Crippen LogP contribution in [0.2, 0.25) is 0 Å². The second kappa shape index (κ2) is 8.92. The van der Waals surface area contributed by atoms with E-state index in [9.17, 15) is 4.79 Å². The van der Waals surface area contributed by atoms with Crippen LogP contribution in [0.25, 0.3) is 11.3 Å². The molecule has 0 unspecified atom stereocenters. The van der Waals surface area contributed by atoms with Crippen LogP contribution in [-0.4, -0.2) is 72.1 Å². The van der Waals surface area contributed by atoms with Crippen molar-refractivity contribution >= 4 is 11.7 Å². The van der Waals surface area contributed by atoms with Crippen molar-refractivity contribution in [3.8, 4) is 11.3 Å². The SMILES string of the molecule is CN(C)CCN(C[C@H]1CCCO1)C(=O)c1cccc(-c2cnc(N)cn2)c1. The molecule has 2 aromatic rings. The molecule has 0 radical (unpaired) electrons. The summed E-state index contributed by atoms with van der Waals surface area (Å²) in [5.74, 6) is 0.384. The lowest BCUT2D eigenvalue weighted by molar-refractivity contribution is 0.0512. The fourth-order valence-electron chi connectivity index (χ4n) is 3.11. The normalized spacial score (nSPS) is 16.6. The van der Waals surface area contributed by atoms with Crippen LogP contribution in [0.5, 0.6) is 0 Å². The van der Waals surface area contributed by atoms with Gasteiger partial charge >= 0.3 is 0 Å². The Balaban J connectivity index is 1.79. The number of carbonyl (C=O) groups excluding carboxylic acids is 1. The van der Waals surface area contributed by atoms with Gasteiger partial charge in [-0.05, 0) is 39.1 Å². The zero-order valence-corrected chi connectivity index (χ0v) is 16.0. The molecule has 0 aliphatic carbocycles. The van der Waals surface area contributed by atoms with Gasteiger partial charge in [-0.3, -0.25) is 9.78 Å². The molecule has 1 aliphatic heterocycles. The van der Waals surface area contributed by atoms with Crippen LogP contribution >= 0.6 is 0 Å². The molecule has 2 N–H and O–H groups in total. The molecule has 1 atom stereocenters. The molecule has 1 amide bonds. The van der Waals surface area contributed by atoms with Crippen molar-refractivity contribution in [2.24, 2.45) is 0 Å². The second-order valence-corrected chi connectivity index (χ2v) is 7.10. The van der Waals surface area contributed by atoms with E-state index >= 15 is 0 Å². The van der Waals surface area contributed by atoms with Gasteiger partial charge < -0.3 is 20.3 Å². The van der Waals surface area contributed by atoms with E-state index in [1.165, 1.54) is 6.20 Å². The summed E-state index contributed by atoms with van der Waals surface area (Å²) < 4.78 is 5.74. The Hall–Kier alpha value is -2.51. The van der Waals surface area contributed by atoms with Crippen LogP contribution in [-0.2, 0) is 4.74 Å². The maximum absolute atomic E-state index is 13.2. The molecule has 0 saturated carbocycles. The van der Waals surface area contributed by atoms with Gasteiger partial charge in [0, 0.05) is 37.4 Å². The molecule has 27 heavy (non-hydrogen) atoms. The first-order valence-electron chi connectivity index (χ1n) is 9.26. The van der Waals surface area contributed by atoms with Gasteiger partial charge in [-0.2, -0.15) is 0 Å². The Labute approximate surface area is 160 Å². The first kappa shape index (κ1) is 19.3. The van der Waals surface area contributed by atoms with E-state index in [0.717, 1.165) is 31.6 Å². The summed E-state index contributed by atoms with van der Waals surface area (Å²) in [7, 11) is 4.02. The largest absolute Gasteiger partial charge is 0.382 e. The molecule has 1 saturated heterocycles. The number of ether oxygens (including phenoxy) is 1. The molecule has 7 nitrogen and oxygen atoms in total. The number of hydrogen-bond donors (Lipinski definition) is 1. The van der Waals surface area contributed by atoms with E-state index in [2.05, 4.69) is 14.9 Å². The molecule has 7 heteroatoms. The summed E-state index contributed by atoms with van der Waals surface area (Å²) in [6.07, 6.45) is 5.33. The number of nitrogens with zero attached hydrogens (tertiary/aromatic N) is 4. The third-order valence-corrected chi connectivity index (χ3v) is 4.63. The van der Waals surface area contributed by atoms with E-state index in [4.69, 9.17) is 10.5 Å². The van der Waals surface area contributed by atoms with Gasteiger partial charge in [-0.15, -0.1) is 0 Å². The third-order valence-electron chi connectivity index (χ3n) is 4.63. The van der Waals surface area contributed by atoms with Crippen LogP contribution in [0.15, 0.2) is 36.7 Å². The van der Waals surface area contributed by atoms with E-state index < -0.39 is 0 Å². The molecular weight excluding hydrogens is 342 g/mol. The van der Waals surface area contributed by atoms with E-state index in [1.807, 2.05) is 43.3 Å². The molecule has 144 valence electrons. The predicted octanol–water partition coefficient (Wildman–Crippen LogP) is 1.91. The molecule has 2 heterocycles. The highest BCUT2D eigenvalue weighted by Gasteiger charge is 2.23. The highest BCUT2D eigenvalue weighted by atomic mass is 16.5. The molecular formula is C20H27N5O2. The maximum Gasteiger partial charge on any atom is 0.254 e. The van der Waals surface area contributed by atoms with E-state index in [0.29, 0.717) is 30.2 Å². The van der Waals surface area contributed by atoms with Crippen LogP contribution in [0.4, 0.5) is 5.82 Å². The highest BCUT2D eigenvalue weighted by Crippen LogP contribution is 2.20. The minimum absolute atomic E-state index is 0.0117. The first-order valence-corrected chi connectivity index (χ1v) is 9.26. The van der Waals surface area contributed by atoms with Gasteiger partial charge in [0.2, 0.25) is 0 Å². The lowest BCUT2D eigenvalue weighted by Gasteiger charge is -2.27. The molecule has 3 rings (SSSR count). The molecule has 1 aliphatic rings. The molecule has 0 spiro atoms. The highest BCUT2D eigenvalue weighted by molar-refractivity contribution is 5.95. The monoisotopic (exact) mass is 369 g/mol. The average Bonchev–Trinajstić information content (AvgIpc) is 3.18. The number of benzene rings is 1. The van der Waals surface area contributed by atoms with Gasteiger partial charge in [0.05, 0.1) is 24.2 Å². The van der Waals surface area contributed by atoms with Crippen molar-refractivity contribution in [3.63, 3.8) is 0 Å². The smallest absolute Gasteiger partial charge is 0.254 e. The Kier molecular flexibility index (Phi) is 6.36. The fraction of sp³-hybridized carbons (Fsp3) is 0.450. The fourth-order valence-corrected chi connectivity index (χ4v) is 3.11. The van der Waals surface area contributed by atoms with E-state index in [-0.39, 0.29) is 12.0 Å². The van der Waals surface area contributed by atoms with E-state index in [1.54, 1.807) is 6.20 Å². The summed E-state index contributed by atoms with van der Waals surface area (Å²) >= 11 is 0. The molecule has 1 aromatic carbocycles. The summed E-state index contributed by atoms with van der Waals surface area (Å²) in [5.41, 5.74) is 7.79. The Bertz CT molecular complexity index is 757. The number of anilines is 1. The Morgan fingerprint density at radius 3 is 2.78 bits per heavy atom. The van der Waals surface area contributed by atoms with Crippen molar-refractivity contribution < 1.29 is 9.53 Å². The van der Waals surface area contributed by atoms with Crippen LogP contribution in [0.1, 0.15) is 23.2 Å². The van der Waals surface area contributed by atoms with Gasteiger partial charge in [-0.25, -0.2) is 4.98 Å². The quantitative estimate of drug-likeness (QED) is 0.802. The standard InChI is InChI=1S/C20H27N5O2/c1-24(2)8-9-25(14-17-7-4-10-27-17)20(26)16-6-3-5-15(11-16)18-12-23-19(21)13-22-18/h3,5-6,11-13,17H,4,7-10,14H2,1-2H3,(H2,21,23)/t17-/m1/s1. The number of likely N-dealkylation sites (N-methyl/N-ethyl adjacent to an activating group) is 1. The van der Waals surface area contributed by atoms with Crippen molar-refractivity contribution in [2.45, 2.75) is 18.9 Å². The molecule has 0 bridgehead atoms. The zero-order valence-electron chi connectivity index (χ0n) is 16.0. The summed E-state index contributed by atoms with van der Waals surface area (Å²) in [5, 5.41) is 0. The van der Waals surface area contributed by atoms with Crippen LogP contribution in [0, 0.1) is 0 Å². The Morgan fingerprint density at radius 1 is 1.26 bits per heavy atom. The van der Waals surface area contributed by atoms with Crippen molar-refractivity contribution in [1.29, 1.82) is 0 Å². The average molecular weight is 369 g/mol. The van der Waals surface area contributed by atoms with Gasteiger partial charge in [0.15, 0.2) is 0 Å². The molecule has 1 aromatic heterocycles. The number of carbonyl (C=O) groups is 1. The lowest BCUT2D eigenvalue weighted by atomic mass is 10.1.